The average Bonchev–Trinajstić information content (AvgIpc) is 3.36. The maximum Gasteiger partial charge on any atom is 0.274 e. The molecule has 1 atom stereocenters. The third kappa shape index (κ3) is 3.62. The number of rotatable bonds is 4. The van der Waals surface area contributed by atoms with Crippen molar-refractivity contribution in [3.05, 3.63) is 33.7 Å². The van der Waals surface area contributed by atoms with Crippen LogP contribution < -0.4 is 10.9 Å². The first-order chi connectivity index (χ1) is 14.2. The standard InChI is InChI=1S/C21H23N5O4/c1-11-16(19-25-24-15(30-19)9-22-12(2)27)17-13(7-8-21(3,29)14-5-6-14)10-26(4)20(28)18(17)23-11/h10,14,23,29H,5-6,9H2,1-4H3,(H,22,27). The molecule has 4 rings (SSSR count). The van der Waals surface area contributed by atoms with Crippen molar-refractivity contribution in [1.82, 2.24) is 25.1 Å². The SMILES string of the molecule is CC(=O)NCc1nnc(-c2c(C)[nH]c3c(=O)n(C)cc(C#CC(C)(O)C4CC4)c23)o1. The van der Waals surface area contributed by atoms with E-state index in [1.165, 1.54) is 11.5 Å². The number of aliphatic hydroxyl groups is 1. The molecule has 3 aromatic rings. The lowest BCUT2D eigenvalue weighted by Gasteiger charge is -2.14. The van der Waals surface area contributed by atoms with Crippen LogP contribution >= 0.6 is 0 Å². The molecule has 9 heteroatoms. The normalized spacial score (nSPS) is 15.5. The number of nitrogens with one attached hydrogen (secondary N) is 2. The Balaban J connectivity index is 1.86. The van der Waals surface area contributed by atoms with E-state index in [0.29, 0.717) is 27.7 Å². The van der Waals surface area contributed by atoms with Crippen LogP contribution in [0.3, 0.4) is 0 Å². The van der Waals surface area contributed by atoms with Gasteiger partial charge in [0.05, 0.1) is 17.7 Å². The van der Waals surface area contributed by atoms with E-state index in [4.69, 9.17) is 4.42 Å². The van der Waals surface area contributed by atoms with Gasteiger partial charge in [-0.3, -0.25) is 9.59 Å². The molecule has 0 bridgehead atoms. The molecule has 0 aliphatic heterocycles. The van der Waals surface area contributed by atoms with Crippen LogP contribution in [0.5, 0.6) is 0 Å². The molecule has 1 unspecified atom stereocenters. The van der Waals surface area contributed by atoms with Gasteiger partial charge < -0.3 is 24.4 Å². The lowest BCUT2D eigenvalue weighted by atomic mass is 10.00. The fraction of sp³-hybridized carbons (Fsp3) is 0.429. The Hall–Kier alpha value is -3.38. The summed E-state index contributed by atoms with van der Waals surface area (Å²) in [5.41, 5.74) is 0.928. The summed E-state index contributed by atoms with van der Waals surface area (Å²) < 4.78 is 7.18. The van der Waals surface area contributed by atoms with Crippen LogP contribution in [0, 0.1) is 24.7 Å². The second-order valence-electron chi connectivity index (χ2n) is 7.92. The molecular formula is C21H23N5O4. The summed E-state index contributed by atoms with van der Waals surface area (Å²) >= 11 is 0. The minimum Gasteiger partial charge on any atom is -0.419 e. The van der Waals surface area contributed by atoms with Crippen molar-refractivity contribution in [2.75, 3.05) is 0 Å². The van der Waals surface area contributed by atoms with E-state index in [-0.39, 0.29) is 35.7 Å². The van der Waals surface area contributed by atoms with Crippen LogP contribution in [0.2, 0.25) is 0 Å². The van der Waals surface area contributed by atoms with Gasteiger partial charge in [0.1, 0.15) is 11.1 Å². The number of hydrogen-bond donors (Lipinski definition) is 3. The molecule has 1 aliphatic rings. The molecule has 30 heavy (non-hydrogen) atoms. The monoisotopic (exact) mass is 409 g/mol. The number of pyridine rings is 1. The zero-order valence-corrected chi connectivity index (χ0v) is 17.3. The molecule has 1 amide bonds. The number of aromatic nitrogens is 4. The van der Waals surface area contributed by atoms with E-state index in [1.807, 2.05) is 6.92 Å². The van der Waals surface area contributed by atoms with Crippen LogP contribution in [0.1, 0.15) is 43.8 Å². The van der Waals surface area contributed by atoms with Crippen LogP contribution in [0.15, 0.2) is 15.4 Å². The Morgan fingerprint density at radius 2 is 2.20 bits per heavy atom. The molecule has 0 saturated heterocycles. The van der Waals surface area contributed by atoms with Crippen molar-refractivity contribution >= 4 is 16.8 Å². The first-order valence-electron chi connectivity index (χ1n) is 9.72. The highest BCUT2D eigenvalue weighted by molar-refractivity contribution is 5.99. The van der Waals surface area contributed by atoms with E-state index < -0.39 is 5.60 Å². The van der Waals surface area contributed by atoms with Gasteiger partial charge in [-0.1, -0.05) is 11.8 Å². The van der Waals surface area contributed by atoms with E-state index >= 15 is 0 Å². The van der Waals surface area contributed by atoms with E-state index in [0.717, 1.165) is 12.8 Å². The van der Waals surface area contributed by atoms with Crippen LogP contribution in [0.4, 0.5) is 0 Å². The highest BCUT2D eigenvalue weighted by Gasteiger charge is 2.38. The van der Waals surface area contributed by atoms with Crippen molar-refractivity contribution in [2.45, 2.75) is 45.8 Å². The highest BCUT2D eigenvalue weighted by Crippen LogP contribution is 2.39. The summed E-state index contributed by atoms with van der Waals surface area (Å²) in [7, 11) is 1.65. The minimum absolute atomic E-state index is 0.114. The lowest BCUT2D eigenvalue weighted by Crippen LogP contribution is -2.24. The predicted molar refractivity (Wildman–Crippen MR) is 109 cm³/mol. The number of amides is 1. The van der Waals surface area contributed by atoms with Gasteiger partial charge in [-0.2, -0.15) is 0 Å². The summed E-state index contributed by atoms with van der Waals surface area (Å²) in [6.45, 7) is 5.04. The third-order valence-corrected chi connectivity index (χ3v) is 5.31. The summed E-state index contributed by atoms with van der Waals surface area (Å²) in [5, 5.41) is 21.8. The fourth-order valence-electron chi connectivity index (χ4n) is 3.48. The van der Waals surface area contributed by atoms with Crippen molar-refractivity contribution in [3.63, 3.8) is 0 Å². The molecule has 3 heterocycles. The van der Waals surface area contributed by atoms with Gasteiger partial charge >= 0.3 is 0 Å². The first kappa shape index (κ1) is 19.9. The topological polar surface area (TPSA) is 126 Å². The van der Waals surface area contributed by atoms with Crippen molar-refractivity contribution in [2.24, 2.45) is 13.0 Å². The molecule has 1 aliphatic carbocycles. The molecule has 0 radical (unpaired) electrons. The van der Waals surface area contributed by atoms with Gasteiger partial charge in [-0.05, 0) is 32.6 Å². The molecular weight excluding hydrogens is 386 g/mol. The van der Waals surface area contributed by atoms with E-state index in [9.17, 15) is 14.7 Å². The van der Waals surface area contributed by atoms with Crippen LogP contribution in [0.25, 0.3) is 22.4 Å². The number of hydrogen-bond acceptors (Lipinski definition) is 6. The van der Waals surface area contributed by atoms with Gasteiger partial charge in [-0.15, -0.1) is 10.2 Å². The summed E-state index contributed by atoms with van der Waals surface area (Å²) in [6.07, 6.45) is 3.56. The summed E-state index contributed by atoms with van der Waals surface area (Å²) in [5.74, 6) is 6.47. The van der Waals surface area contributed by atoms with Crippen LogP contribution in [-0.2, 0) is 18.4 Å². The van der Waals surface area contributed by atoms with Gasteiger partial charge in [0, 0.05) is 31.2 Å². The van der Waals surface area contributed by atoms with Gasteiger partial charge in [0.15, 0.2) is 0 Å². The Labute approximate surface area is 172 Å². The van der Waals surface area contributed by atoms with Crippen molar-refractivity contribution in [3.8, 4) is 23.3 Å². The summed E-state index contributed by atoms with van der Waals surface area (Å²) in [4.78, 5) is 26.9. The zero-order chi connectivity index (χ0) is 21.6. The molecule has 156 valence electrons. The van der Waals surface area contributed by atoms with Crippen molar-refractivity contribution < 1.29 is 14.3 Å². The first-order valence-corrected chi connectivity index (χ1v) is 9.72. The number of fused-ring (bicyclic) bond motifs is 1. The third-order valence-electron chi connectivity index (χ3n) is 5.31. The molecule has 3 aromatic heterocycles. The van der Waals surface area contributed by atoms with Crippen molar-refractivity contribution in [1.29, 1.82) is 0 Å². The summed E-state index contributed by atoms with van der Waals surface area (Å²) in [6, 6.07) is 0. The molecule has 1 saturated carbocycles. The zero-order valence-electron chi connectivity index (χ0n) is 17.3. The largest absolute Gasteiger partial charge is 0.419 e. The smallest absolute Gasteiger partial charge is 0.274 e. The molecule has 3 N–H and O–H groups in total. The second-order valence-corrected chi connectivity index (χ2v) is 7.92. The maximum absolute atomic E-state index is 12.7. The quantitative estimate of drug-likeness (QED) is 0.559. The van der Waals surface area contributed by atoms with Crippen LogP contribution in [-0.4, -0.2) is 36.4 Å². The number of carbonyl (C=O) groups excluding carboxylic acids is 1. The Morgan fingerprint density at radius 3 is 2.87 bits per heavy atom. The number of carbonyl (C=O) groups is 1. The number of aryl methyl sites for hydroxylation is 2. The molecule has 0 spiro atoms. The van der Waals surface area contributed by atoms with Gasteiger partial charge in [-0.25, -0.2) is 0 Å². The number of aromatic amines is 1. The second kappa shape index (κ2) is 7.15. The number of H-pyrrole nitrogens is 1. The molecule has 1 fully saturated rings. The predicted octanol–water partition coefficient (Wildman–Crippen LogP) is 1.37. The van der Waals surface area contributed by atoms with Gasteiger partial charge in [0.25, 0.3) is 5.56 Å². The Bertz CT molecular complexity index is 1260. The lowest BCUT2D eigenvalue weighted by molar-refractivity contribution is -0.119. The Morgan fingerprint density at radius 1 is 1.47 bits per heavy atom. The molecule has 9 nitrogen and oxygen atoms in total. The van der Waals surface area contributed by atoms with E-state index in [1.54, 1.807) is 20.2 Å². The minimum atomic E-state index is -1.08. The number of nitrogens with zero attached hydrogens (tertiary/aromatic N) is 3. The van der Waals surface area contributed by atoms with E-state index in [2.05, 4.69) is 32.3 Å². The maximum atomic E-state index is 12.7. The van der Waals surface area contributed by atoms with Gasteiger partial charge in [0.2, 0.25) is 17.7 Å². The average molecular weight is 409 g/mol. The highest BCUT2D eigenvalue weighted by atomic mass is 16.4. The molecule has 0 aromatic carbocycles. The fourth-order valence-corrected chi connectivity index (χ4v) is 3.48. The Kier molecular flexibility index (Phi) is 4.74.